The SMILES string of the molecule is C#CC=C(C)C(=O)OCC. The summed E-state index contributed by atoms with van der Waals surface area (Å²) in [6.07, 6.45) is 6.32. The highest BCUT2D eigenvalue weighted by molar-refractivity contribution is 5.88. The summed E-state index contributed by atoms with van der Waals surface area (Å²) in [5.74, 6) is 1.90. The molecule has 0 N–H and O–H groups in total. The second-order valence-electron chi connectivity index (χ2n) is 1.71. The molecular weight excluding hydrogens is 128 g/mol. The van der Waals surface area contributed by atoms with Crippen molar-refractivity contribution in [3.63, 3.8) is 0 Å². The predicted molar refractivity (Wildman–Crippen MR) is 39.2 cm³/mol. The van der Waals surface area contributed by atoms with Crippen LogP contribution < -0.4 is 0 Å². The van der Waals surface area contributed by atoms with Crippen LogP contribution in [-0.2, 0) is 9.53 Å². The maximum Gasteiger partial charge on any atom is 0.334 e. The third kappa shape index (κ3) is 2.93. The van der Waals surface area contributed by atoms with Crippen LogP contribution in [0.2, 0.25) is 0 Å². The maximum atomic E-state index is 10.7. The standard InChI is InChI=1S/C8H10O2/c1-4-6-7(3)8(9)10-5-2/h1,6H,5H2,2-3H3. The van der Waals surface area contributed by atoms with Crippen molar-refractivity contribution in [2.75, 3.05) is 6.61 Å². The van der Waals surface area contributed by atoms with E-state index in [-0.39, 0.29) is 5.97 Å². The van der Waals surface area contributed by atoms with E-state index in [4.69, 9.17) is 6.42 Å². The highest BCUT2D eigenvalue weighted by Crippen LogP contribution is 1.94. The Kier molecular flexibility index (Phi) is 4.06. The van der Waals surface area contributed by atoms with Gasteiger partial charge in [0.15, 0.2) is 0 Å². The second kappa shape index (κ2) is 4.63. The average Bonchev–Trinajstić information content (AvgIpc) is 1.89. The monoisotopic (exact) mass is 138 g/mol. The highest BCUT2D eigenvalue weighted by Gasteiger charge is 2.01. The Morgan fingerprint density at radius 2 is 2.40 bits per heavy atom. The Hall–Kier alpha value is -1.23. The van der Waals surface area contributed by atoms with Crippen molar-refractivity contribution in [3.05, 3.63) is 11.6 Å². The van der Waals surface area contributed by atoms with E-state index in [1.165, 1.54) is 6.08 Å². The minimum absolute atomic E-state index is 0.347. The topological polar surface area (TPSA) is 26.3 Å². The summed E-state index contributed by atoms with van der Waals surface area (Å²) in [4.78, 5) is 10.7. The van der Waals surface area contributed by atoms with Crippen molar-refractivity contribution in [2.45, 2.75) is 13.8 Å². The number of hydrogen-bond donors (Lipinski definition) is 0. The van der Waals surface area contributed by atoms with Crippen molar-refractivity contribution >= 4 is 5.97 Å². The summed E-state index contributed by atoms with van der Waals surface area (Å²) >= 11 is 0. The number of hydrogen-bond acceptors (Lipinski definition) is 2. The first-order valence-corrected chi connectivity index (χ1v) is 3.02. The summed E-state index contributed by atoms with van der Waals surface area (Å²) in [6, 6.07) is 0. The smallest absolute Gasteiger partial charge is 0.334 e. The van der Waals surface area contributed by atoms with E-state index in [2.05, 4.69) is 10.7 Å². The molecule has 0 aliphatic heterocycles. The molecule has 54 valence electrons. The average molecular weight is 138 g/mol. The molecule has 0 fully saturated rings. The number of carbonyl (C=O) groups excluding carboxylic acids is 1. The van der Waals surface area contributed by atoms with Crippen molar-refractivity contribution in [3.8, 4) is 12.3 Å². The van der Waals surface area contributed by atoms with Crippen LogP contribution in [0, 0.1) is 12.3 Å². The fourth-order valence-electron chi connectivity index (χ4n) is 0.429. The molecule has 10 heavy (non-hydrogen) atoms. The minimum atomic E-state index is -0.347. The van der Waals surface area contributed by atoms with Gasteiger partial charge in [-0.25, -0.2) is 4.79 Å². The molecule has 0 amide bonds. The van der Waals surface area contributed by atoms with Crippen LogP contribution in [0.25, 0.3) is 0 Å². The summed E-state index contributed by atoms with van der Waals surface area (Å²) in [7, 11) is 0. The largest absolute Gasteiger partial charge is 0.463 e. The van der Waals surface area contributed by atoms with Gasteiger partial charge in [0.05, 0.1) is 6.61 Å². The summed E-state index contributed by atoms with van der Waals surface area (Å²) in [5.41, 5.74) is 0.462. The van der Waals surface area contributed by atoms with E-state index in [1.807, 2.05) is 0 Å². The van der Waals surface area contributed by atoms with E-state index >= 15 is 0 Å². The second-order valence-corrected chi connectivity index (χ2v) is 1.71. The van der Waals surface area contributed by atoms with Crippen LogP contribution in [0.15, 0.2) is 11.6 Å². The lowest BCUT2D eigenvalue weighted by Crippen LogP contribution is -2.04. The van der Waals surface area contributed by atoms with Gasteiger partial charge in [-0.05, 0) is 19.9 Å². The lowest BCUT2D eigenvalue weighted by Gasteiger charge is -1.98. The number of rotatable bonds is 2. The minimum Gasteiger partial charge on any atom is -0.463 e. The molecule has 0 atom stereocenters. The molecule has 0 saturated heterocycles. The number of terminal acetylenes is 1. The first-order chi connectivity index (χ1) is 4.72. The lowest BCUT2D eigenvalue weighted by molar-refractivity contribution is -0.138. The summed E-state index contributed by atoms with van der Waals surface area (Å²) < 4.78 is 4.65. The van der Waals surface area contributed by atoms with Crippen molar-refractivity contribution in [2.24, 2.45) is 0 Å². The fourth-order valence-corrected chi connectivity index (χ4v) is 0.429. The van der Waals surface area contributed by atoms with Crippen LogP contribution in [0.1, 0.15) is 13.8 Å². The summed E-state index contributed by atoms with van der Waals surface area (Å²) in [5, 5.41) is 0. The molecule has 0 unspecified atom stereocenters. The van der Waals surface area contributed by atoms with Gasteiger partial charge in [-0.15, -0.1) is 6.42 Å². The van der Waals surface area contributed by atoms with Gasteiger partial charge in [0, 0.05) is 5.57 Å². The van der Waals surface area contributed by atoms with Crippen molar-refractivity contribution in [1.29, 1.82) is 0 Å². The van der Waals surface area contributed by atoms with Gasteiger partial charge < -0.3 is 4.74 Å². The highest BCUT2D eigenvalue weighted by atomic mass is 16.5. The number of allylic oxidation sites excluding steroid dienone is 1. The van der Waals surface area contributed by atoms with Gasteiger partial charge in [0.25, 0.3) is 0 Å². The molecule has 0 aromatic heterocycles. The Bertz CT molecular complexity index is 184. The predicted octanol–water partition coefficient (Wildman–Crippen LogP) is 1.13. The molecule has 0 heterocycles. The van der Waals surface area contributed by atoms with Crippen LogP contribution in [-0.4, -0.2) is 12.6 Å². The van der Waals surface area contributed by atoms with Gasteiger partial charge in [0.2, 0.25) is 0 Å². The molecular formula is C8H10O2. The van der Waals surface area contributed by atoms with Crippen LogP contribution in [0.3, 0.4) is 0 Å². The molecule has 0 bridgehead atoms. The first kappa shape index (κ1) is 8.77. The van der Waals surface area contributed by atoms with Crippen LogP contribution in [0.4, 0.5) is 0 Å². The zero-order valence-electron chi connectivity index (χ0n) is 6.18. The van der Waals surface area contributed by atoms with E-state index in [1.54, 1.807) is 13.8 Å². The first-order valence-electron chi connectivity index (χ1n) is 3.02. The van der Waals surface area contributed by atoms with Gasteiger partial charge in [-0.3, -0.25) is 0 Å². The Balaban J connectivity index is 3.98. The molecule has 0 radical (unpaired) electrons. The van der Waals surface area contributed by atoms with Gasteiger partial charge >= 0.3 is 5.97 Å². The normalized spacial score (nSPS) is 10.3. The van der Waals surface area contributed by atoms with E-state index in [0.717, 1.165) is 0 Å². The Morgan fingerprint density at radius 3 is 2.80 bits per heavy atom. The van der Waals surface area contributed by atoms with E-state index in [9.17, 15) is 4.79 Å². The van der Waals surface area contributed by atoms with E-state index in [0.29, 0.717) is 12.2 Å². The third-order valence-corrected chi connectivity index (χ3v) is 0.897. The van der Waals surface area contributed by atoms with Crippen molar-refractivity contribution in [1.82, 2.24) is 0 Å². The molecule has 0 rings (SSSR count). The van der Waals surface area contributed by atoms with Crippen molar-refractivity contribution < 1.29 is 9.53 Å². The molecule has 0 aliphatic rings. The maximum absolute atomic E-state index is 10.7. The fraction of sp³-hybridized carbons (Fsp3) is 0.375. The van der Waals surface area contributed by atoms with Gasteiger partial charge in [0.1, 0.15) is 0 Å². The summed E-state index contributed by atoms with van der Waals surface area (Å²) in [6.45, 7) is 3.76. The molecule has 0 aromatic rings. The molecule has 0 aromatic carbocycles. The molecule has 0 saturated carbocycles. The number of ether oxygens (including phenoxy) is 1. The third-order valence-electron chi connectivity index (χ3n) is 0.897. The quantitative estimate of drug-likeness (QED) is 0.325. The number of carbonyl (C=O) groups is 1. The zero-order valence-corrected chi connectivity index (χ0v) is 6.18. The Morgan fingerprint density at radius 1 is 1.80 bits per heavy atom. The van der Waals surface area contributed by atoms with Gasteiger partial charge in [-0.1, -0.05) is 5.92 Å². The number of esters is 1. The van der Waals surface area contributed by atoms with Crippen LogP contribution in [0.5, 0.6) is 0 Å². The lowest BCUT2D eigenvalue weighted by atomic mass is 10.3. The van der Waals surface area contributed by atoms with E-state index < -0.39 is 0 Å². The molecule has 2 heteroatoms. The van der Waals surface area contributed by atoms with Gasteiger partial charge in [-0.2, -0.15) is 0 Å². The molecule has 2 nitrogen and oxygen atoms in total. The molecule has 0 spiro atoms. The molecule has 0 aliphatic carbocycles. The van der Waals surface area contributed by atoms with Crippen LogP contribution >= 0.6 is 0 Å². The zero-order chi connectivity index (χ0) is 7.98. The Labute approximate surface area is 60.9 Å².